The number of anilines is 1. The van der Waals surface area contributed by atoms with Crippen LogP contribution in [0.25, 0.3) is 33.4 Å². The van der Waals surface area contributed by atoms with Gasteiger partial charge >= 0.3 is 0 Å². The van der Waals surface area contributed by atoms with Gasteiger partial charge in [-0.25, -0.2) is 9.97 Å². The van der Waals surface area contributed by atoms with Gasteiger partial charge in [0.2, 0.25) is 5.91 Å². The van der Waals surface area contributed by atoms with Crippen molar-refractivity contribution >= 4 is 22.6 Å². The summed E-state index contributed by atoms with van der Waals surface area (Å²) in [6.07, 6.45) is 3.09. The summed E-state index contributed by atoms with van der Waals surface area (Å²) in [6, 6.07) is 19.8. The van der Waals surface area contributed by atoms with Crippen LogP contribution in [0.15, 0.2) is 66.9 Å². The zero-order valence-electron chi connectivity index (χ0n) is 17.5. The average Bonchev–Trinajstić information content (AvgIpc) is 2.83. The number of piperidine rings is 1. The van der Waals surface area contributed by atoms with Gasteiger partial charge in [0, 0.05) is 41.6 Å². The molecule has 0 spiro atoms. The molecule has 5 rings (SSSR count). The fourth-order valence-corrected chi connectivity index (χ4v) is 3.95. The number of aromatic nitrogens is 3. The van der Waals surface area contributed by atoms with E-state index in [0.717, 1.165) is 28.5 Å². The van der Waals surface area contributed by atoms with E-state index in [2.05, 4.69) is 15.3 Å². The molecule has 1 fully saturated rings. The largest absolute Gasteiger partial charge is 0.475 e. The average molecular weight is 425 g/mol. The Morgan fingerprint density at radius 3 is 2.69 bits per heavy atom. The number of amides is 1. The second-order valence-corrected chi connectivity index (χ2v) is 7.91. The minimum atomic E-state index is 0.0498. The topological polar surface area (TPSA) is 103 Å². The standard InChI is InChI=1S/C25H23N5O2/c26-24-25(32-15-16-10-12-28-21(31)13-16)30-23(22(29-24)17-5-2-1-3-6-17)19-8-9-20-18(14-19)7-4-11-27-20/h1-9,11,14,16H,10,12-13,15H2,(H2,26,29)(H,28,31). The molecule has 0 bridgehead atoms. The van der Waals surface area contributed by atoms with Crippen LogP contribution in [0.2, 0.25) is 0 Å². The maximum atomic E-state index is 11.7. The molecule has 7 heteroatoms. The third-order valence-corrected chi connectivity index (χ3v) is 5.62. The van der Waals surface area contributed by atoms with Crippen molar-refractivity contribution in [3.05, 3.63) is 66.9 Å². The van der Waals surface area contributed by atoms with Crippen LogP contribution in [0.1, 0.15) is 12.8 Å². The first kappa shape index (κ1) is 19.9. The molecule has 1 aliphatic heterocycles. The highest BCUT2D eigenvalue weighted by Crippen LogP contribution is 2.34. The van der Waals surface area contributed by atoms with E-state index in [0.29, 0.717) is 31.0 Å². The molecule has 0 radical (unpaired) electrons. The number of nitrogen functional groups attached to an aromatic ring is 1. The summed E-state index contributed by atoms with van der Waals surface area (Å²) in [4.78, 5) is 25.5. The van der Waals surface area contributed by atoms with Gasteiger partial charge in [-0.3, -0.25) is 9.78 Å². The number of carbonyl (C=O) groups excluding carboxylic acids is 1. The molecule has 2 aromatic heterocycles. The molecule has 3 N–H and O–H groups in total. The summed E-state index contributed by atoms with van der Waals surface area (Å²) >= 11 is 0. The zero-order chi connectivity index (χ0) is 21.9. The van der Waals surface area contributed by atoms with Gasteiger partial charge in [0.25, 0.3) is 5.88 Å². The number of carbonyl (C=O) groups is 1. The van der Waals surface area contributed by atoms with Crippen molar-refractivity contribution in [2.45, 2.75) is 12.8 Å². The number of fused-ring (bicyclic) bond motifs is 1. The lowest BCUT2D eigenvalue weighted by atomic mass is 9.99. The molecule has 2 aromatic carbocycles. The molecule has 4 aromatic rings. The van der Waals surface area contributed by atoms with E-state index in [-0.39, 0.29) is 23.5 Å². The zero-order valence-corrected chi connectivity index (χ0v) is 17.5. The van der Waals surface area contributed by atoms with Crippen molar-refractivity contribution in [1.82, 2.24) is 20.3 Å². The van der Waals surface area contributed by atoms with Crippen LogP contribution in [0, 0.1) is 5.92 Å². The first-order chi connectivity index (χ1) is 15.7. The predicted molar refractivity (Wildman–Crippen MR) is 124 cm³/mol. The summed E-state index contributed by atoms with van der Waals surface area (Å²) in [5, 5.41) is 3.85. The second kappa shape index (κ2) is 8.63. The molecular weight excluding hydrogens is 402 g/mol. The monoisotopic (exact) mass is 425 g/mol. The predicted octanol–water partition coefficient (Wildman–Crippen LogP) is 3.85. The van der Waals surface area contributed by atoms with Crippen molar-refractivity contribution in [3.63, 3.8) is 0 Å². The van der Waals surface area contributed by atoms with Gasteiger partial charge in [0.15, 0.2) is 5.82 Å². The third-order valence-electron chi connectivity index (χ3n) is 5.62. The minimum Gasteiger partial charge on any atom is -0.475 e. The van der Waals surface area contributed by atoms with Crippen LogP contribution in [0.4, 0.5) is 5.82 Å². The summed E-state index contributed by atoms with van der Waals surface area (Å²) in [6.45, 7) is 1.04. The molecule has 160 valence electrons. The van der Waals surface area contributed by atoms with E-state index in [1.54, 1.807) is 6.20 Å². The molecule has 0 aliphatic carbocycles. The van der Waals surface area contributed by atoms with E-state index in [1.807, 2.05) is 60.7 Å². The highest BCUT2D eigenvalue weighted by atomic mass is 16.5. The Bertz CT molecular complexity index is 1280. The van der Waals surface area contributed by atoms with Crippen molar-refractivity contribution < 1.29 is 9.53 Å². The lowest BCUT2D eigenvalue weighted by molar-refractivity contribution is -0.123. The Labute approximate surface area is 185 Å². The maximum Gasteiger partial charge on any atom is 0.257 e. The number of nitrogens with two attached hydrogens (primary N) is 1. The van der Waals surface area contributed by atoms with E-state index in [9.17, 15) is 4.79 Å². The first-order valence-corrected chi connectivity index (χ1v) is 10.6. The van der Waals surface area contributed by atoms with Gasteiger partial charge in [-0.1, -0.05) is 42.5 Å². The Kier molecular flexibility index (Phi) is 5.37. The van der Waals surface area contributed by atoms with Gasteiger partial charge in [0.1, 0.15) is 5.69 Å². The number of ether oxygens (including phenoxy) is 1. The molecule has 1 aliphatic rings. The van der Waals surface area contributed by atoms with Crippen molar-refractivity contribution in [2.24, 2.45) is 5.92 Å². The minimum absolute atomic E-state index is 0.0498. The van der Waals surface area contributed by atoms with Crippen LogP contribution in [-0.2, 0) is 4.79 Å². The normalized spacial score (nSPS) is 16.0. The van der Waals surface area contributed by atoms with Crippen LogP contribution >= 0.6 is 0 Å². The number of pyridine rings is 1. The molecule has 3 heterocycles. The van der Waals surface area contributed by atoms with Gasteiger partial charge in [0.05, 0.1) is 17.8 Å². The lowest BCUT2D eigenvalue weighted by Crippen LogP contribution is -2.35. The Balaban J connectivity index is 1.55. The molecule has 7 nitrogen and oxygen atoms in total. The number of rotatable bonds is 5. The molecule has 1 atom stereocenters. The first-order valence-electron chi connectivity index (χ1n) is 10.6. The van der Waals surface area contributed by atoms with Crippen LogP contribution in [-0.4, -0.2) is 34.0 Å². The van der Waals surface area contributed by atoms with E-state index in [4.69, 9.17) is 15.5 Å². The third kappa shape index (κ3) is 4.09. The molecule has 1 unspecified atom stereocenters. The number of hydrogen-bond acceptors (Lipinski definition) is 6. The number of nitrogens with one attached hydrogen (secondary N) is 1. The Morgan fingerprint density at radius 1 is 1.00 bits per heavy atom. The fraction of sp³-hybridized carbons (Fsp3) is 0.200. The van der Waals surface area contributed by atoms with Gasteiger partial charge in [-0.2, -0.15) is 0 Å². The number of hydrogen-bond donors (Lipinski definition) is 2. The van der Waals surface area contributed by atoms with Crippen LogP contribution < -0.4 is 15.8 Å². The smallest absolute Gasteiger partial charge is 0.257 e. The van der Waals surface area contributed by atoms with Crippen molar-refractivity contribution in [3.8, 4) is 28.4 Å². The van der Waals surface area contributed by atoms with Gasteiger partial charge in [-0.15, -0.1) is 0 Å². The van der Waals surface area contributed by atoms with Crippen LogP contribution in [0.3, 0.4) is 0 Å². The maximum absolute atomic E-state index is 11.7. The lowest BCUT2D eigenvalue weighted by Gasteiger charge is -2.22. The molecule has 1 amide bonds. The second-order valence-electron chi connectivity index (χ2n) is 7.91. The summed E-state index contributed by atoms with van der Waals surface area (Å²) < 4.78 is 5.97. The fourth-order valence-electron chi connectivity index (χ4n) is 3.95. The molecule has 1 saturated heterocycles. The Morgan fingerprint density at radius 2 is 1.84 bits per heavy atom. The summed E-state index contributed by atoms with van der Waals surface area (Å²) in [5.41, 5.74) is 10.4. The van der Waals surface area contributed by atoms with E-state index >= 15 is 0 Å². The Hall–Kier alpha value is -4.00. The van der Waals surface area contributed by atoms with Gasteiger partial charge < -0.3 is 15.8 Å². The van der Waals surface area contributed by atoms with E-state index in [1.165, 1.54) is 0 Å². The number of benzene rings is 2. The van der Waals surface area contributed by atoms with Crippen molar-refractivity contribution in [2.75, 3.05) is 18.9 Å². The highest BCUT2D eigenvalue weighted by Gasteiger charge is 2.22. The number of nitrogens with zero attached hydrogens (tertiary/aromatic N) is 3. The summed E-state index contributed by atoms with van der Waals surface area (Å²) in [7, 11) is 0. The molecule has 32 heavy (non-hydrogen) atoms. The van der Waals surface area contributed by atoms with E-state index < -0.39 is 0 Å². The molecular formula is C25H23N5O2. The highest BCUT2D eigenvalue weighted by molar-refractivity contribution is 5.87. The van der Waals surface area contributed by atoms with Gasteiger partial charge in [-0.05, 0) is 24.6 Å². The SMILES string of the molecule is Nc1nc(-c2ccccc2)c(-c2ccc3ncccc3c2)nc1OCC1CCNC(=O)C1. The van der Waals surface area contributed by atoms with Crippen LogP contribution in [0.5, 0.6) is 5.88 Å². The molecule has 0 saturated carbocycles. The van der Waals surface area contributed by atoms with Crippen molar-refractivity contribution in [1.29, 1.82) is 0 Å². The quantitative estimate of drug-likeness (QED) is 0.504. The summed E-state index contributed by atoms with van der Waals surface area (Å²) in [5.74, 6) is 0.704.